The third-order valence-electron chi connectivity index (χ3n) is 3.66. The lowest BCUT2D eigenvalue weighted by atomic mass is 10.2. The molecular weight excluding hydrogens is 320 g/mol. The van der Waals surface area contributed by atoms with Crippen molar-refractivity contribution in [2.24, 2.45) is 0 Å². The molecule has 118 valence electrons. The van der Waals surface area contributed by atoms with Gasteiger partial charge in [0.05, 0.1) is 15.9 Å². The normalized spacial score (nSPS) is 10.9. The van der Waals surface area contributed by atoms with Crippen LogP contribution in [-0.4, -0.2) is 20.7 Å². The van der Waals surface area contributed by atoms with Gasteiger partial charge in [-0.3, -0.25) is 10.1 Å². The van der Waals surface area contributed by atoms with Crippen molar-refractivity contribution >= 4 is 32.6 Å². The van der Waals surface area contributed by atoms with Gasteiger partial charge in [-0.2, -0.15) is 5.10 Å². The van der Waals surface area contributed by atoms with Crippen LogP contribution in [0.25, 0.3) is 15.9 Å². The fraction of sp³-hybridized carbons (Fsp3) is 0.0556. The van der Waals surface area contributed by atoms with Crippen LogP contribution in [0.3, 0.4) is 0 Å². The van der Waals surface area contributed by atoms with Gasteiger partial charge in [0.15, 0.2) is 5.13 Å². The minimum atomic E-state index is -0.169. The molecule has 6 heteroatoms. The van der Waals surface area contributed by atoms with Crippen molar-refractivity contribution in [2.45, 2.75) is 6.92 Å². The molecule has 0 aliphatic rings. The number of hydrogen-bond acceptors (Lipinski definition) is 4. The molecule has 5 nitrogen and oxygen atoms in total. The number of carbonyl (C=O) groups excluding carboxylic acids is 1. The minimum absolute atomic E-state index is 0.169. The van der Waals surface area contributed by atoms with E-state index in [1.54, 1.807) is 23.0 Å². The molecule has 0 aliphatic heterocycles. The number of anilines is 1. The van der Waals surface area contributed by atoms with Gasteiger partial charge in [0.25, 0.3) is 5.91 Å². The Balaban J connectivity index is 1.54. The molecule has 4 aromatic rings. The Hall–Kier alpha value is -2.99. The lowest BCUT2D eigenvalue weighted by Crippen LogP contribution is -2.11. The number of carbonyl (C=O) groups is 1. The molecule has 2 aromatic carbocycles. The second-order valence-electron chi connectivity index (χ2n) is 5.44. The number of aryl methyl sites for hydroxylation is 1. The smallest absolute Gasteiger partial charge is 0.257 e. The molecule has 0 saturated heterocycles. The van der Waals surface area contributed by atoms with Gasteiger partial charge in [-0.1, -0.05) is 17.4 Å². The maximum absolute atomic E-state index is 12.4. The van der Waals surface area contributed by atoms with Crippen LogP contribution in [0.4, 0.5) is 5.13 Å². The monoisotopic (exact) mass is 334 g/mol. The average Bonchev–Trinajstić information content (AvgIpc) is 3.23. The van der Waals surface area contributed by atoms with Crippen molar-refractivity contribution in [3.05, 3.63) is 72.1 Å². The van der Waals surface area contributed by atoms with Gasteiger partial charge < -0.3 is 0 Å². The standard InChI is InChI=1S/C18H14N4OS/c1-12-3-8-15-16(11-12)24-18(20-15)21-17(23)13-4-6-14(7-5-13)22-10-2-9-19-22/h2-11H,1H3,(H,20,21,23). The number of nitrogens with zero attached hydrogens (tertiary/aromatic N) is 3. The fourth-order valence-electron chi connectivity index (χ4n) is 2.44. The number of thiazole rings is 1. The first-order valence-corrected chi connectivity index (χ1v) is 8.29. The molecule has 24 heavy (non-hydrogen) atoms. The van der Waals surface area contributed by atoms with E-state index in [9.17, 15) is 4.79 Å². The SMILES string of the molecule is Cc1ccc2nc(NC(=O)c3ccc(-n4cccn4)cc3)sc2c1. The van der Waals surface area contributed by atoms with E-state index >= 15 is 0 Å². The Bertz CT molecular complexity index is 1000. The zero-order valence-corrected chi connectivity index (χ0v) is 13.7. The molecule has 0 aliphatic carbocycles. The Morgan fingerprint density at radius 2 is 2.00 bits per heavy atom. The molecule has 4 rings (SSSR count). The van der Waals surface area contributed by atoms with Crippen molar-refractivity contribution < 1.29 is 4.79 Å². The van der Waals surface area contributed by atoms with E-state index < -0.39 is 0 Å². The summed E-state index contributed by atoms with van der Waals surface area (Å²) in [4.78, 5) is 16.8. The lowest BCUT2D eigenvalue weighted by molar-refractivity contribution is 0.102. The summed E-state index contributed by atoms with van der Waals surface area (Å²) < 4.78 is 2.82. The third-order valence-corrected chi connectivity index (χ3v) is 4.60. The highest BCUT2D eigenvalue weighted by Gasteiger charge is 2.10. The van der Waals surface area contributed by atoms with E-state index in [0.29, 0.717) is 10.7 Å². The zero-order valence-electron chi connectivity index (χ0n) is 12.9. The minimum Gasteiger partial charge on any atom is -0.298 e. The van der Waals surface area contributed by atoms with Gasteiger partial charge in [-0.15, -0.1) is 0 Å². The first kappa shape index (κ1) is 14.6. The second kappa shape index (κ2) is 5.90. The summed E-state index contributed by atoms with van der Waals surface area (Å²) in [5, 5.41) is 7.64. The molecule has 0 radical (unpaired) electrons. The van der Waals surface area contributed by atoms with Crippen LogP contribution in [-0.2, 0) is 0 Å². The van der Waals surface area contributed by atoms with E-state index in [1.807, 2.05) is 43.5 Å². The quantitative estimate of drug-likeness (QED) is 0.615. The fourth-order valence-corrected chi connectivity index (χ4v) is 3.40. The topological polar surface area (TPSA) is 59.8 Å². The summed E-state index contributed by atoms with van der Waals surface area (Å²) in [5.41, 5.74) is 3.57. The molecular formula is C18H14N4OS. The van der Waals surface area contributed by atoms with Crippen LogP contribution in [0.1, 0.15) is 15.9 Å². The summed E-state index contributed by atoms with van der Waals surface area (Å²) in [6.45, 7) is 2.04. The van der Waals surface area contributed by atoms with Crippen LogP contribution in [0.5, 0.6) is 0 Å². The number of nitrogens with one attached hydrogen (secondary N) is 1. The van der Waals surface area contributed by atoms with Crippen molar-refractivity contribution in [3.63, 3.8) is 0 Å². The van der Waals surface area contributed by atoms with Crippen molar-refractivity contribution in [1.82, 2.24) is 14.8 Å². The zero-order chi connectivity index (χ0) is 16.5. The summed E-state index contributed by atoms with van der Waals surface area (Å²) >= 11 is 1.48. The van der Waals surface area contributed by atoms with E-state index in [2.05, 4.69) is 21.5 Å². The van der Waals surface area contributed by atoms with Crippen LogP contribution in [0.15, 0.2) is 60.9 Å². The summed E-state index contributed by atoms with van der Waals surface area (Å²) in [6.07, 6.45) is 3.58. The van der Waals surface area contributed by atoms with Crippen LogP contribution in [0.2, 0.25) is 0 Å². The number of amides is 1. The number of hydrogen-bond donors (Lipinski definition) is 1. The number of rotatable bonds is 3. The highest BCUT2D eigenvalue weighted by Crippen LogP contribution is 2.27. The first-order valence-electron chi connectivity index (χ1n) is 7.48. The highest BCUT2D eigenvalue weighted by atomic mass is 32.1. The summed E-state index contributed by atoms with van der Waals surface area (Å²) in [6, 6.07) is 15.2. The van der Waals surface area contributed by atoms with Gasteiger partial charge in [-0.25, -0.2) is 9.67 Å². The Labute approximate surface area is 142 Å². The summed E-state index contributed by atoms with van der Waals surface area (Å²) in [7, 11) is 0. The largest absolute Gasteiger partial charge is 0.298 e. The van der Waals surface area contributed by atoms with Gasteiger partial charge in [0.2, 0.25) is 0 Å². The van der Waals surface area contributed by atoms with Crippen LogP contribution in [0, 0.1) is 6.92 Å². The third kappa shape index (κ3) is 2.79. The Kier molecular flexibility index (Phi) is 3.59. The van der Waals surface area contributed by atoms with E-state index in [0.717, 1.165) is 15.9 Å². The molecule has 2 heterocycles. The molecule has 1 N–H and O–H groups in total. The van der Waals surface area contributed by atoms with E-state index in [-0.39, 0.29) is 5.91 Å². The van der Waals surface area contributed by atoms with E-state index in [1.165, 1.54) is 16.9 Å². The van der Waals surface area contributed by atoms with Crippen molar-refractivity contribution in [3.8, 4) is 5.69 Å². The molecule has 0 atom stereocenters. The maximum Gasteiger partial charge on any atom is 0.257 e. The lowest BCUT2D eigenvalue weighted by Gasteiger charge is -2.04. The summed E-state index contributed by atoms with van der Waals surface area (Å²) in [5.74, 6) is -0.169. The number of aromatic nitrogens is 3. The van der Waals surface area contributed by atoms with Gasteiger partial charge in [-0.05, 0) is 55.0 Å². The van der Waals surface area contributed by atoms with Crippen LogP contribution >= 0.6 is 11.3 Å². The second-order valence-corrected chi connectivity index (χ2v) is 6.47. The predicted octanol–water partition coefficient (Wildman–Crippen LogP) is 4.04. The Morgan fingerprint density at radius 1 is 1.17 bits per heavy atom. The van der Waals surface area contributed by atoms with Crippen LogP contribution < -0.4 is 5.32 Å². The first-order chi connectivity index (χ1) is 11.7. The molecule has 0 bridgehead atoms. The molecule has 0 spiro atoms. The van der Waals surface area contributed by atoms with E-state index in [4.69, 9.17) is 0 Å². The highest BCUT2D eigenvalue weighted by molar-refractivity contribution is 7.22. The Morgan fingerprint density at radius 3 is 2.75 bits per heavy atom. The predicted molar refractivity (Wildman–Crippen MR) is 95.9 cm³/mol. The molecule has 1 amide bonds. The number of fused-ring (bicyclic) bond motifs is 1. The van der Waals surface area contributed by atoms with Gasteiger partial charge in [0, 0.05) is 18.0 Å². The maximum atomic E-state index is 12.4. The molecule has 2 aromatic heterocycles. The molecule has 0 saturated carbocycles. The molecule has 0 unspecified atom stereocenters. The molecule has 0 fully saturated rings. The number of benzene rings is 2. The average molecular weight is 334 g/mol. The van der Waals surface area contributed by atoms with Crippen molar-refractivity contribution in [1.29, 1.82) is 0 Å². The van der Waals surface area contributed by atoms with Gasteiger partial charge in [0.1, 0.15) is 0 Å². The van der Waals surface area contributed by atoms with Gasteiger partial charge >= 0.3 is 0 Å². The van der Waals surface area contributed by atoms with Crippen molar-refractivity contribution in [2.75, 3.05) is 5.32 Å².